The van der Waals surface area contributed by atoms with Crippen LogP contribution >= 0.6 is 21.6 Å². The molecule has 0 saturated carbocycles. The number of ether oxygens (including phenoxy) is 2. The molecule has 282 valence electrons. The predicted octanol–water partition coefficient (Wildman–Crippen LogP) is 10.1. The lowest BCUT2D eigenvalue weighted by Gasteiger charge is -2.12. The molecule has 0 aliphatic heterocycles. The number of unbranched alkanes of at least 4 members (excludes halogenated alkanes) is 24. The van der Waals surface area contributed by atoms with E-state index in [4.69, 9.17) is 20.9 Å². The van der Waals surface area contributed by atoms with E-state index in [0.717, 1.165) is 25.7 Å². The van der Waals surface area contributed by atoms with Gasteiger partial charge in [-0.2, -0.15) is 0 Å². The number of carbonyl (C=O) groups excluding carboxylic acids is 4. The van der Waals surface area contributed by atoms with Gasteiger partial charge in [-0.15, -0.1) is 0 Å². The van der Waals surface area contributed by atoms with E-state index in [-0.39, 0.29) is 24.3 Å². The SMILES string of the molecule is CCCCCCCCCCCCCCCC(=O)OC(=O)[C@@H](N)CSSC[C@H](N)C(=O)OC(=O)CCCCCCCCCCCCCCC. The van der Waals surface area contributed by atoms with Crippen molar-refractivity contribution >= 4 is 45.5 Å². The maximum absolute atomic E-state index is 12.2. The summed E-state index contributed by atoms with van der Waals surface area (Å²) < 4.78 is 9.81. The van der Waals surface area contributed by atoms with Crippen molar-refractivity contribution in [1.82, 2.24) is 0 Å². The van der Waals surface area contributed by atoms with Crippen LogP contribution in [0.3, 0.4) is 0 Å². The lowest BCUT2D eigenvalue weighted by Crippen LogP contribution is -2.36. The van der Waals surface area contributed by atoms with Crippen LogP contribution in [0.15, 0.2) is 0 Å². The Bertz CT molecular complexity index is 737. The van der Waals surface area contributed by atoms with Crippen LogP contribution in [0.25, 0.3) is 0 Å². The number of hydrogen-bond acceptors (Lipinski definition) is 10. The van der Waals surface area contributed by atoms with Crippen LogP contribution in [0, 0.1) is 0 Å². The van der Waals surface area contributed by atoms with Crippen LogP contribution in [0.4, 0.5) is 0 Å². The van der Waals surface area contributed by atoms with Crippen LogP contribution in [0.2, 0.25) is 0 Å². The summed E-state index contributed by atoms with van der Waals surface area (Å²) in [5.74, 6) is -2.16. The highest BCUT2D eigenvalue weighted by molar-refractivity contribution is 8.76. The van der Waals surface area contributed by atoms with Gasteiger partial charge in [0.15, 0.2) is 0 Å². The normalized spacial score (nSPS) is 12.5. The Kier molecular flexibility index (Phi) is 34.9. The standard InChI is InChI=1S/C38H72N2O6S2/c1-3-5-7-9-11-13-15-17-19-21-23-25-27-29-35(41)45-37(43)33(39)31-47-48-32-34(40)38(44)46-36(42)30-28-26-24-22-20-18-16-14-12-10-8-6-4-2/h33-34H,3-32,39-40H2,1-2H3/t33-,34-/m0/s1. The van der Waals surface area contributed by atoms with Crippen molar-refractivity contribution in [2.45, 2.75) is 206 Å². The van der Waals surface area contributed by atoms with E-state index in [1.165, 1.54) is 150 Å². The largest absolute Gasteiger partial charge is 0.392 e. The van der Waals surface area contributed by atoms with Crippen LogP contribution in [0.5, 0.6) is 0 Å². The average molecular weight is 717 g/mol. The fourth-order valence-corrected chi connectivity index (χ4v) is 7.65. The number of hydrogen-bond donors (Lipinski definition) is 2. The summed E-state index contributed by atoms with van der Waals surface area (Å²) in [6.07, 6.45) is 32.1. The number of esters is 4. The average Bonchev–Trinajstić information content (AvgIpc) is 3.06. The van der Waals surface area contributed by atoms with Crippen molar-refractivity contribution in [2.24, 2.45) is 11.5 Å². The molecule has 0 aromatic heterocycles. The van der Waals surface area contributed by atoms with E-state index in [2.05, 4.69) is 13.8 Å². The lowest BCUT2D eigenvalue weighted by atomic mass is 10.0. The third-order valence-corrected chi connectivity index (χ3v) is 11.1. The van der Waals surface area contributed by atoms with E-state index in [1.54, 1.807) is 0 Å². The predicted molar refractivity (Wildman–Crippen MR) is 204 cm³/mol. The molecular formula is C38H72N2O6S2. The summed E-state index contributed by atoms with van der Waals surface area (Å²) in [6, 6.07) is -1.91. The summed E-state index contributed by atoms with van der Waals surface area (Å²) in [7, 11) is 2.51. The Morgan fingerprint density at radius 3 is 0.896 bits per heavy atom. The third-order valence-electron chi connectivity index (χ3n) is 8.58. The molecule has 0 radical (unpaired) electrons. The molecule has 2 atom stereocenters. The zero-order valence-corrected chi connectivity index (χ0v) is 32.4. The number of nitrogens with two attached hydrogens (primary N) is 2. The summed E-state index contributed by atoms with van der Waals surface area (Å²) in [4.78, 5) is 48.4. The minimum absolute atomic E-state index is 0.204. The van der Waals surface area contributed by atoms with Crippen molar-refractivity contribution in [1.29, 1.82) is 0 Å². The van der Waals surface area contributed by atoms with E-state index >= 15 is 0 Å². The zero-order chi connectivity index (χ0) is 35.5. The van der Waals surface area contributed by atoms with Gasteiger partial charge in [-0.3, -0.25) is 9.59 Å². The molecule has 0 unspecified atom stereocenters. The molecule has 0 amide bonds. The molecule has 0 aromatic carbocycles. The summed E-state index contributed by atoms with van der Waals surface area (Å²) in [5.41, 5.74) is 11.8. The number of rotatable bonds is 35. The first-order valence-corrected chi connectivity index (χ1v) is 22.0. The van der Waals surface area contributed by atoms with E-state index in [0.29, 0.717) is 12.8 Å². The smallest absolute Gasteiger partial charge is 0.331 e. The van der Waals surface area contributed by atoms with Crippen LogP contribution < -0.4 is 11.5 Å². The highest BCUT2D eigenvalue weighted by Gasteiger charge is 2.21. The first-order valence-electron chi connectivity index (χ1n) is 19.6. The highest BCUT2D eigenvalue weighted by Crippen LogP contribution is 2.23. The molecule has 0 aliphatic rings. The van der Waals surface area contributed by atoms with Crippen molar-refractivity contribution in [3.8, 4) is 0 Å². The quantitative estimate of drug-likeness (QED) is 0.0282. The lowest BCUT2D eigenvalue weighted by molar-refractivity contribution is -0.162. The third kappa shape index (κ3) is 32.1. The second-order valence-electron chi connectivity index (χ2n) is 13.4. The minimum atomic E-state index is -0.955. The first kappa shape index (κ1) is 46.9. The molecule has 0 saturated heterocycles. The Labute approximate surface area is 301 Å². The first-order chi connectivity index (χ1) is 23.3. The number of carbonyl (C=O) groups is 4. The highest BCUT2D eigenvalue weighted by atomic mass is 33.1. The van der Waals surface area contributed by atoms with Gasteiger partial charge >= 0.3 is 23.9 Å². The van der Waals surface area contributed by atoms with Crippen LogP contribution in [-0.2, 0) is 28.7 Å². The van der Waals surface area contributed by atoms with E-state index in [9.17, 15) is 19.2 Å². The maximum Gasteiger partial charge on any atom is 0.331 e. The van der Waals surface area contributed by atoms with Gasteiger partial charge in [0.05, 0.1) is 0 Å². The zero-order valence-electron chi connectivity index (χ0n) is 30.8. The minimum Gasteiger partial charge on any atom is -0.392 e. The van der Waals surface area contributed by atoms with Gasteiger partial charge in [0.2, 0.25) is 0 Å². The van der Waals surface area contributed by atoms with Gasteiger partial charge in [0, 0.05) is 24.3 Å². The fraction of sp³-hybridized carbons (Fsp3) is 0.895. The topological polar surface area (TPSA) is 139 Å². The summed E-state index contributed by atoms with van der Waals surface area (Å²) >= 11 is 0. The monoisotopic (exact) mass is 716 g/mol. The summed E-state index contributed by atoms with van der Waals surface area (Å²) in [6.45, 7) is 4.49. The Hall–Kier alpha value is -1.10. The fourth-order valence-electron chi connectivity index (χ4n) is 5.43. The second-order valence-corrected chi connectivity index (χ2v) is 15.9. The van der Waals surface area contributed by atoms with Crippen molar-refractivity contribution in [2.75, 3.05) is 11.5 Å². The molecule has 0 heterocycles. The van der Waals surface area contributed by atoms with Gasteiger partial charge in [-0.05, 0) is 12.8 Å². The Morgan fingerprint density at radius 1 is 0.417 bits per heavy atom. The molecule has 0 aliphatic carbocycles. The van der Waals surface area contributed by atoms with Gasteiger partial charge < -0.3 is 20.9 Å². The molecule has 8 nitrogen and oxygen atoms in total. The molecule has 48 heavy (non-hydrogen) atoms. The van der Waals surface area contributed by atoms with Crippen molar-refractivity contribution in [3.05, 3.63) is 0 Å². The molecule has 4 N–H and O–H groups in total. The second kappa shape index (κ2) is 35.7. The van der Waals surface area contributed by atoms with Gasteiger partial charge in [-0.25, -0.2) is 9.59 Å². The van der Waals surface area contributed by atoms with E-state index in [1.807, 2.05) is 0 Å². The Morgan fingerprint density at radius 2 is 0.646 bits per heavy atom. The molecule has 10 heteroatoms. The van der Waals surface area contributed by atoms with Gasteiger partial charge in [0.1, 0.15) is 12.1 Å². The molecule has 0 fully saturated rings. The molecule has 0 spiro atoms. The Balaban J connectivity index is 3.70. The van der Waals surface area contributed by atoms with Gasteiger partial charge in [-0.1, -0.05) is 190 Å². The summed E-state index contributed by atoms with van der Waals surface area (Å²) in [5, 5.41) is 0. The molecular weight excluding hydrogens is 645 g/mol. The van der Waals surface area contributed by atoms with Crippen molar-refractivity contribution < 1.29 is 28.7 Å². The molecule has 0 bridgehead atoms. The van der Waals surface area contributed by atoms with Crippen LogP contribution in [0.1, 0.15) is 194 Å². The van der Waals surface area contributed by atoms with E-state index < -0.39 is 36.0 Å². The maximum atomic E-state index is 12.2. The van der Waals surface area contributed by atoms with Gasteiger partial charge in [0.25, 0.3) is 0 Å². The van der Waals surface area contributed by atoms with Crippen LogP contribution in [-0.4, -0.2) is 47.5 Å². The van der Waals surface area contributed by atoms with Crippen molar-refractivity contribution in [3.63, 3.8) is 0 Å². The molecule has 0 aromatic rings. The molecule has 0 rings (SSSR count).